The fourth-order valence-corrected chi connectivity index (χ4v) is 3.78. The number of hydrogen-bond donors (Lipinski definition) is 2. The maximum Gasteiger partial charge on any atom is 0.329 e. The van der Waals surface area contributed by atoms with Crippen molar-refractivity contribution in [2.75, 3.05) is 5.32 Å². The molecule has 9 heteroatoms. The highest BCUT2D eigenvalue weighted by molar-refractivity contribution is 9.10. The number of ether oxygens (including phenoxy) is 1. The first-order valence-electron chi connectivity index (χ1n) is 9.81. The minimum Gasteiger partial charge on any atom is -0.488 e. The van der Waals surface area contributed by atoms with Gasteiger partial charge in [0.15, 0.2) is 0 Å². The lowest BCUT2D eigenvalue weighted by molar-refractivity contribution is -0.136. The molecule has 0 aliphatic carbocycles. The normalized spacial score (nSPS) is 10.8. The lowest BCUT2D eigenvalue weighted by atomic mass is 10.1. The molecule has 0 aliphatic heterocycles. The van der Waals surface area contributed by atoms with Gasteiger partial charge in [0.05, 0.1) is 6.21 Å². The average molecular weight is 549 g/mol. The number of para-hydroxylation sites is 1. The maximum atomic E-state index is 12.2. The Morgan fingerprint density at radius 2 is 1.76 bits per heavy atom. The van der Waals surface area contributed by atoms with E-state index in [1.165, 1.54) is 6.21 Å². The van der Waals surface area contributed by atoms with E-state index in [0.717, 1.165) is 21.2 Å². The van der Waals surface area contributed by atoms with Crippen molar-refractivity contribution in [2.24, 2.45) is 5.10 Å². The van der Waals surface area contributed by atoms with Crippen molar-refractivity contribution >= 4 is 62.8 Å². The molecule has 6 nitrogen and oxygen atoms in total. The zero-order chi connectivity index (χ0) is 24.0. The van der Waals surface area contributed by atoms with E-state index in [-0.39, 0.29) is 6.61 Å². The Morgan fingerprint density at radius 3 is 2.45 bits per heavy atom. The molecule has 0 saturated heterocycles. The van der Waals surface area contributed by atoms with Gasteiger partial charge in [0.1, 0.15) is 12.4 Å². The smallest absolute Gasteiger partial charge is 0.329 e. The number of nitrogens with one attached hydrogen (secondary N) is 2. The zero-order valence-electron chi connectivity index (χ0n) is 17.8. The predicted molar refractivity (Wildman–Crippen MR) is 135 cm³/mol. The van der Waals surface area contributed by atoms with Crippen LogP contribution >= 0.6 is 39.1 Å². The van der Waals surface area contributed by atoms with E-state index in [1.54, 1.807) is 30.3 Å². The minimum atomic E-state index is -0.890. The molecule has 0 unspecified atom stereocenters. The lowest BCUT2D eigenvalue weighted by Gasteiger charge is -2.11. The number of carbonyl (C=O) groups excluding carboxylic acids is 2. The van der Waals surface area contributed by atoms with Gasteiger partial charge in [-0.05, 0) is 55.3 Å². The topological polar surface area (TPSA) is 79.8 Å². The highest BCUT2D eigenvalue weighted by atomic mass is 79.9. The number of benzene rings is 3. The average Bonchev–Trinajstić information content (AvgIpc) is 2.76. The van der Waals surface area contributed by atoms with Crippen molar-refractivity contribution < 1.29 is 14.3 Å². The van der Waals surface area contributed by atoms with E-state index in [1.807, 2.05) is 38.1 Å². The van der Waals surface area contributed by atoms with Gasteiger partial charge in [-0.15, -0.1) is 0 Å². The number of anilines is 1. The van der Waals surface area contributed by atoms with Crippen molar-refractivity contribution in [3.8, 4) is 5.75 Å². The van der Waals surface area contributed by atoms with Crippen LogP contribution in [0.3, 0.4) is 0 Å². The summed E-state index contributed by atoms with van der Waals surface area (Å²) in [6, 6.07) is 16.1. The third-order valence-corrected chi connectivity index (χ3v) is 5.75. The quantitative estimate of drug-likeness (QED) is 0.224. The summed E-state index contributed by atoms with van der Waals surface area (Å²) in [5, 5.41) is 7.56. The molecule has 3 aromatic rings. The van der Waals surface area contributed by atoms with E-state index in [4.69, 9.17) is 27.9 Å². The third-order valence-electron chi connectivity index (χ3n) is 4.67. The molecule has 33 heavy (non-hydrogen) atoms. The molecule has 3 aromatic carbocycles. The predicted octanol–water partition coefficient (Wildman–Crippen LogP) is 6.04. The van der Waals surface area contributed by atoms with E-state index >= 15 is 0 Å². The first kappa shape index (κ1) is 24.8. The van der Waals surface area contributed by atoms with Crippen molar-refractivity contribution in [3.05, 3.63) is 91.4 Å². The first-order chi connectivity index (χ1) is 15.7. The van der Waals surface area contributed by atoms with Crippen LogP contribution in [0.1, 0.15) is 22.3 Å². The van der Waals surface area contributed by atoms with Crippen LogP contribution in [-0.4, -0.2) is 18.0 Å². The molecule has 170 valence electrons. The second-order valence-electron chi connectivity index (χ2n) is 7.13. The Labute approximate surface area is 210 Å². The summed E-state index contributed by atoms with van der Waals surface area (Å²) in [5.41, 5.74) is 5.91. The minimum absolute atomic E-state index is 0.211. The van der Waals surface area contributed by atoms with Crippen LogP contribution in [0, 0.1) is 13.8 Å². The van der Waals surface area contributed by atoms with Crippen LogP contribution in [-0.2, 0) is 16.2 Å². The standard InChI is InChI=1S/C24H20BrCl2N3O3/c1-14-4-3-5-15(2)22(14)29-23(31)24(32)30-28-12-17-10-18(25)7-9-21(17)33-13-16-6-8-19(26)11-20(16)27/h3-12H,13H2,1-2H3,(H,29,31)(H,30,32)/b28-12-. The Balaban J connectivity index is 1.66. The van der Waals surface area contributed by atoms with Crippen LogP contribution < -0.4 is 15.5 Å². The zero-order valence-corrected chi connectivity index (χ0v) is 20.9. The Morgan fingerprint density at radius 1 is 1.03 bits per heavy atom. The van der Waals surface area contributed by atoms with Crippen molar-refractivity contribution in [3.63, 3.8) is 0 Å². The van der Waals surface area contributed by atoms with Gasteiger partial charge in [-0.3, -0.25) is 9.59 Å². The number of aryl methyl sites for hydroxylation is 2. The summed E-state index contributed by atoms with van der Waals surface area (Å²) in [6.45, 7) is 3.92. The molecule has 0 aliphatic rings. The van der Waals surface area contributed by atoms with Gasteiger partial charge in [-0.1, -0.05) is 63.4 Å². The molecule has 2 N–H and O–H groups in total. The van der Waals surface area contributed by atoms with Gasteiger partial charge in [0.2, 0.25) is 0 Å². The van der Waals surface area contributed by atoms with Gasteiger partial charge in [0.25, 0.3) is 0 Å². The third kappa shape index (κ3) is 6.81. The second kappa shape index (κ2) is 11.3. The van der Waals surface area contributed by atoms with Crippen molar-refractivity contribution in [2.45, 2.75) is 20.5 Å². The Hall–Kier alpha value is -2.87. The molecular formula is C24H20BrCl2N3O3. The van der Waals surface area contributed by atoms with E-state index in [2.05, 4.69) is 31.8 Å². The molecule has 0 heterocycles. The van der Waals surface area contributed by atoms with E-state index < -0.39 is 11.8 Å². The lowest BCUT2D eigenvalue weighted by Crippen LogP contribution is -2.32. The highest BCUT2D eigenvalue weighted by Crippen LogP contribution is 2.26. The van der Waals surface area contributed by atoms with Crippen LogP contribution in [0.5, 0.6) is 5.75 Å². The van der Waals surface area contributed by atoms with Gasteiger partial charge in [0, 0.05) is 31.3 Å². The largest absolute Gasteiger partial charge is 0.488 e. The molecule has 0 atom stereocenters. The monoisotopic (exact) mass is 547 g/mol. The number of rotatable bonds is 6. The molecule has 0 aromatic heterocycles. The Kier molecular flexibility index (Phi) is 8.49. The molecule has 0 radical (unpaired) electrons. The Bertz CT molecular complexity index is 1210. The maximum absolute atomic E-state index is 12.2. The highest BCUT2D eigenvalue weighted by Gasteiger charge is 2.15. The molecule has 2 amide bonds. The van der Waals surface area contributed by atoms with Gasteiger partial charge < -0.3 is 10.1 Å². The molecule has 0 spiro atoms. The summed E-state index contributed by atoms with van der Waals surface area (Å²) in [6.07, 6.45) is 1.40. The van der Waals surface area contributed by atoms with Crippen LogP contribution in [0.2, 0.25) is 10.0 Å². The molecule has 0 saturated carbocycles. The summed E-state index contributed by atoms with van der Waals surface area (Å²) < 4.78 is 6.67. The fourth-order valence-electron chi connectivity index (χ4n) is 2.94. The molecule has 3 rings (SSSR count). The number of hydrazone groups is 1. The summed E-state index contributed by atoms with van der Waals surface area (Å²) in [7, 11) is 0. The molecule has 0 fully saturated rings. The van der Waals surface area contributed by atoms with Crippen LogP contribution in [0.4, 0.5) is 5.69 Å². The molecular weight excluding hydrogens is 529 g/mol. The van der Waals surface area contributed by atoms with Gasteiger partial charge >= 0.3 is 11.8 Å². The van der Waals surface area contributed by atoms with E-state index in [9.17, 15) is 9.59 Å². The van der Waals surface area contributed by atoms with Crippen LogP contribution in [0.25, 0.3) is 0 Å². The summed E-state index contributed by atoms with van der Waals surface area (Å²) in [4.78, 5) is 24.4. The van der Waals surface area contributed by atoms with Gasteiger partial charge in [-0.25, -0.2) is 5.43 Å². The first-order valence-corrected chi connectivity index (χ1v) is 11.4. The van der Waals surface area contributed by atoms with Crippen LogP contribution in [0.15, 0.2) is 64.2 Å². The number of hydrogen-bond acceptors (Lipinski definition) is 4. The number of halogens is 3. The SMILES string of the molecule is Cc1cccc(C)c1NC(=O)C(=O)N/N=C\c1cc(Br)ccc1OCc1ccc(Cl)cc1Cl. The summed E-state index contributed by atoms with van der Waals surface area (Å²) in [5.74, 6) is -1.19. The van der Waals surface area contributed by atoms with Crippen molar-refractivity contribution in [1.29, 1.82) is 0 Å². The van der Waals surface area contributed by atoms with E-state index in [0.29, 0.717) is 27.0 Å². The van der Waals surface area contributed by atoms with Crippen molar-refractivity contribution in [1.82, 2.24) is 5.43 Å². The number of amides is 2. The van der Waals surface area contributed by atoms with Gasteiger partial charge in [-0.2, -0.15) is 5.10 Å². The molecule has 0 bridgehead atoms. The second-order valence-corrected chi connectivity index (χ2v) is 8.89. The summed E-state index contributed by atoms with van der Waals surface area (Å²) >= 11 is 15.5. The number of nitrogens with zero attached hydrogens (tertiary/aromatic N) is 1. The fraction of sp³-hybridized carbons (Fsp3) is 0.125. The number of carbonyl (C=O) groups is 2.